The first-order chi connectivity index (χ1) is 9.17. The van der Waals surface area contributed by atoms with Gasteiger partial charge in [-0.1, -0.05) is 24.9 Å². The van der Waals surface area contributed by atoms with Gasteiger partial charge >= 0.3 is 0 Å². The van der Waals surface area contributed by atoms with E-state index in [9.17, 15) is 0 Å². The molecule has 1 aromatic rings. The highest BCUT2D eigenvalue weighted by atomic mass is 35.5. The van der Waals surface area contributed by atoms with Crippen LogP contribution in [0.15, 0.2) is 6.07 Å². The predicted molar refractivity (Wildman–Crippen MR) is 79.4 cm³/mol. The van der Waals surface area contributed by atoms with Gasteiger partial charge in [-0.15, -0.1) is 0 Å². The molecule has 1 saturated heterocycles. The molecule has 1 fully saturated rings. The van der Waals surface area contributed by atoms with Crippen molar-refractivity contribution in [3.63, 3.8) is 0 Å². The average Bonchev–Trinajstić information content (AvgIpc) is 2.37. The van der Waals surface area contributed by atoms with Crippen LogP contribution >= 0.6 is 11.6 Å². The van der Waals surface area contributed by atoms with Crippen molar-refractivity contribution in [3.8, 4) is 0 Å². The van der Waals surface area contributed by atoms with Crippen LogP contribution < -0.4 is 11.1 Å². The van der Waals surface area contributed by atoms with Crippen LogP contribution in [0.4, 0.5) is 11.8 Å². The fraction of sp³-hybridized carbons (Fsp3) is 0.692. The van der Waals surface area contributed by atoms with Gasteiger partial charge in [0.15, 0.2) is 0 Å². The Kier molecular flexibility index (Phi) is 5.22. The van der Waals surface area contributed by atoms with Crippen LogP contribution in [0, 0.1) is 0 Å². The lowest BCUT2D eigenvalue weighted by molar-refractivity contribution is 0.216. The topological polar surface area (TPSA) is 67.1 Å². The third-order valence-corrected chi connectivity index (χ3v) is 3.67. The molecule has 19 heavy (non-hydrogen) atoms. The van der Waals surface area contributed by atoms with Crippen molar-refractivity contribution < 1.29 is 0 Å². The third-order valence-electron chi connectivity index (χ3n) is 3.48. The van der Waals surface area contributed by atoms with E-state index >= 15 is 0 Å². The summed E-state index contributed by atoms with van der Waals surface area (Å²) in [4.78, 5) is 10.5. The number of aromatic nitrogens is 2. The van der Waals surface area contributed by atoms with Gasteiger partial charge in [0.1, 0.15) is 11.0 Å². The van der Waals surface area contributed by atoms with Gasteiger partial charge in [-0.3, -0.25) is 0 Å². The Bertz CT molecular complexity index is 384. The number of likely N-dealkylation sites (tertiary alicyclic amines) is 1. The molecule has 3 N–H and O–H groups in total. The highest BCUT2D eigenvalue weighted by Gasteiger charge is 2.19. The molecule has 1 aliphatic rings. The number of nitrogens with zero attached hydrogens (tertiary/aromatic N) is 3. The number of anilines is 2. The summed E-state index contributed by atoms with van der Waals surface area (Å²) in [7, 11) is 0. The van der Waals surface area contributed by atoms with Gasteiger partial charge in [0.05, 0.1) is 0 Å². The van der Waals surface area contributed by atoms with Crippen LogP contribution in [0.5, 0.6) is 0 Å². The van der Waals surface area contributed by atoms with Crippen molar-refractivity contribution >= 4 is 23.4 Å². The fourth-order valence-corrected chi connectivity index (χ4v) is 2.59. The number of nitrogen functional groups attached to an aromatic ring is 1. The minimum absolute atomic E-state index is 0.218. The zero-order valence-electron chi connectivity index (χ0n) is 11.4. The average molecular weight is 284 g/mol. The molecule has 5 nitrogen and oxygen atoms in total. The van der Waals surface area contributed by atoms with Crippen molar-refractivity contribution in [1.29, 1.82) is 0 Å². The van der Waals surface area contributed by atoms with E-state index < -0.39 is 0 Å². The molecule has 1 aliphatic heterocycles. The van der Waals surface area contributed by atoms with Crippen molar-refractivity contribution in [2.45, 2.75) is 38.6 Å². The van der Waals surface area contributed by atoms with E-state index in [1.54, 1.807) is 6.07 Å². The van der Waals surface area contributed by atoms with Gasteiger partial charge in [0.2, 0.25) is 5.95 Å². The van der Waals surface area contributed by atoms with Crippen LogP contribution in [0.3, 0.4) is 0 Å². The first-order valence-electron chi connectivity index (χ1n) is 6.96. The molecule has 2 rings (SSSR count). The summed E-state index contributed by atoms with van der Waals surface area (Å²) in [5.41, 5.74) is 5.59. The van der Waals surface area contributed by atoms with E-state index in [1.807, 2.05) is 0 Å². The molecule has 0 amide bonds. The summed E-state index contributed by atoms with van der Waals surface area (Å²) in [5, 5.41) is 3.78. The number of hydrogen-bond acceptors (Lipinski definition) is 5. The van der Waals surface area contributed by atoms with Crippen LogP contribution in [-0.4, -0.2) is 40.5 Å². The lowest BCUT2D eigenvalue weighted by Crippen LogP contribution is -2.39. The number of nitrogens with one attached hydrogen (secondary N) is 1. The molecule has 0 aromatic carbocycles. The zero-order chi connectivity index (χ0) is 13.7. The second-order valence-electron chi connectivity index (χ2n) is 5.05. The lowest BCUT2D eigenvalue weighted by atomic mass is 10.0. The standard InChI is InChI=1S/C13H22ClN5/c1-2-3-6-19-7-4-10(5-8-19)16-12-9-11(14)17-13(15)18-12/h9-10H,2-8H2,1H3,(H3,15,16,17,18). The second-order valence-corrected chi connectivity index (χ2v) is 5.44. The molecular weight excluding hydrogens is 262 g/mol. The molecule has 0 spiro atoms. The smallest absolute Gasteiger partial charge is 0.223 e. The lowest BCUT2D eigenvalue weighted by Gasteiger charge is -2.32. The molecule has 0 radical (unpaired) electrons. The molecule has 6 heteroatoms. The Morgan fingerprint density at radius 1 is 1.42 bits per heavy atom. The van der Waals surface area contributed by atoms with Gasteiger partial charge in [0.25, 0.3) is 0 Å². The van der Waals surface area contributed by atoms with Gasteiger partial charge in [-0.25, -0.2) is 4.98 Å². The largest absolute Gasteiger partial charge is 0.368 e. The SMILES string of the molecule is CCCCN1CCC(Nc2cc(Cl)nc(N)n2)CC1. The van der Waals surface area contributed by atoms with Crippen molar-refractivity contribution in [1.82, 2.24) is 14.9 Å². The Hall–Kier alpha value is -1.07. The highest BCUT2D eigenvalue weighted by Crippen LogP contribution is 2.18. The number of halogens is 1. The van der Waals surface area contributed by atoms with E-state index in [0.29, 0.717) is 11.2 Å². The van der Waals surface area contributed by atoms with Gasteiger partial charge < -0.3 is 16.0 Å². The van der Waals surface area contributed by atoms with Crippen LogP contribution in [0.2, 0.25) is 5.15 Å². The molecular formula is C13H22ClN5. The Morgan fingerprint density at radius 2 is 2.16 bits per heavy atom. The maximum absolute atomic E-state index is 5.87. The second kappa shape index (κ2) is 6.91. The summed E-state index contributed by atoms with van der Waals surface area (Å²) in [5.74, 6) is 0.944. The van der Waals surface area contributed by atoms with Gasteiger partial charge in [0, 0.05) is 25.2 Å². The van der Waals surface area contributed by atoms with Crippen molar-refractivity contribution in [2.75, 3.05) is 30.7 Å². The fourth-order valence-electron chi connectivity index (χ4n) is 2.40. The van der Waals surface area contributed by atoms with E-state index in [1.165, 1.54) is 19.4 Å². The Balaban J connectivity index is 1.82. The molecule has 1 aromatic heterocycles. The van der Waals surface area contributed by atoms with Crippen LogP contribution in [-0.2, 0) is 0 Å². The van der Waals surface area contributed by atoms with Crippen molar-refractivity contribution in [3.05, 3.63) is 11.2 Å². The Labute approximate surface area is 119 Å². The quantitative estimate of drug-likeness (QED) is 0.812. The monoisotopic (exact) mass is 283 g/mol. The zero-order valence-corrected chi connectivity index (χ0v) is 12.2. The van der Waals surface area contributed by atoms with Gasteiger partial charge in [-0.05, 0) is 25.8 Å². The minimum Gasteiger partial charge on any atom is -0.368 e. The molecule has 0 aliphatic carbocycles. The molecule has 106 valence electrons. The van der Waals surface area contributed by atoms with Crippen LogP contribution in [0.1, 0.15) is 32.6 Å². The minimum atomic E-state index is 0.218. The maximum Gasteiger partial charge on any atom is 0.223 e. The summed E-state index contributed by atoms with van der Waals surface area (Å²) >= 11 is 5.87. The number of unbranched alkanes of at least 4 members (excludes halogenated alkanes) is 1. The van der Waals surface area contributed by atoms with Gasteiger partial charge in [-0.2, -0.15) is 4.98 Å². The summed E-state index contributed by atoms with van der Waals surface area (Å²) in [6, 6.07) is 2.17. The molecule has 2 heterocycles. The molecule has 0 bridgehead atoms. The van der Waals surface area contributed by atoms with Crippen LogP contribution in [0.25, 0.3) is 0 Å². The first-order valence-corrected chi connectivity index (χ1v) is 7.34. The Morgan fingerprint density at radius 3 is 2.79 bits per heavy atom. The summed E-state index contributed by atoms with van der Waals surface area (Å²) < 4.78 is 0. The normalized spacial score (nSPS) is 17.6. The number of piperidine rings is 1. The summed E-state index contributed by atoms with van der Waals surface area (Å²) in [6.07, 6.45) is 4.81. The number of nitrogens with two attached hydrogens (primary N) is 1. The predicted octanol–water partition coefficient (Wildman–Crippen LogP) is 2.39. The maximum atomic E-state index is 5.87. The molecule has 0 unspecified atom stereocenters. The summed E-state index contributed by atoms with van der Waals surface area (Å²) in [6.45, 7) is 5.74. The van der Waals surface area contributed by atoms with E-state index in [-0.39, 0.29) is 5.95 Å². The number of hydrogen-bond donors (Lipinski definition) is 2. The third kappa shape index (κ3) is 4.51. The molecule has 0 saturated carbocycles. The van der Waals surface area contributed by atoms with Crippen molar-refractivity contribution in [2.24, 2.45) is 0 Å². The highest BCUT2D eigenvalue weighted by molar-refractivity contribution is 6.29. The van der Waals surface area contributed by atoms with E-state index in [4.69, 9.17) is 17.3 Å². The van der Waals surface area contributed by atoms with E-state index in [0.717, 1.165) is 31.7 Å². The van der Waals surface area contributed by atoms with E-state index in [2.05, 4.69) is 27.1 Å². The molecule has 0 atom stereocenters. The first kappa shape index (κ1) is 14.3. The number of rotatable bonds is 5.